The first-order valence-electron chi connectivity index (χ1n) is 9.27. The molecule has 0 spiro atoms. The molecule has 2 aromatic heterocycles. The second-order valence-corrected chi connectivity index (χ2v) is 6.59. The van der Waals surface area contributed by atoms with Crippen LogP contribution >= 0.6 is 0 Å². The van der Waals surface area contributed by atoms with E-state index in [1.165, 1.54) is 0 Å². The van der Waals surface area contributed by atoms with Crippen LogP contribution in [0, 0.1) is 10.1 Å². The van der Waals surface area contributed by atoms with Crippen LogP contribution in [-0.4, -0.2) is 63.3 Å². The minimum Gasteiger partial charge on any atom is -0.475 e. The molecular formula is C19H17F3N6O4. The molecule has 0 atom stereocenters. The van der Waals surface area contributed by atoms with Gasteiger partial charge in [-0.3, -0.25) is 15.1 Å². The predicted octanol–water partition coefficient (Wildman–Crippen LogP) is 2.89. The number of nitrogens with zero attached hydrogens (tertiary/aromatic N) is 6. The van der Waals surface area contributed by atoms with Gasteiger partial charge in [-0.05, 0) is 24.3 Å². The summed E-state index contributed by atoms with van der Waals surface area (Å²) < 4.78 is 31.7. The molecule has 3 aromatic rings. The smallest absolute Gasteiger partial charge is 0.475 e. The fourth-order valence-electron chi connectivity index (χ4n) is 3.16. The summed E-state index contributed by atoms with van der Waals surface area (Å²) in [4.78, 5) is 37.1. The number of hydrogen-bond acceptors (Lipinski definition) is 8. The molecule has 1 fully saturated rings. The average Bonchev–Trinajstić information content (AvgIpc) is 2.79. The summed E-state index contributed by atoms with van der Waals surface area (Å²) in [6.45, 7) is 3.13. The Kier molecular flexibility index (Phi) is 6.66. The van der Waals surface area contributed by atoms with E-state index in [4.69, 9.17) is 9.90 Å². The molecule has 168 valence electrons. The van der Waals surface area contributed by atoms with Crippen molar-refractivity contribution in [2.24, 2.45) is 0 Å². The van der Waals surface area contributed by atoms with Crippen LogP contribution in [0.3, 0.4) is 0 Å². The summed E-state index contributed by atoms with van der Waals surface area (Å²) in [5.74, 6) is -2.03. The second kappa shape index (κ2) is 9.41. The Balaban J connectivity index is 0.000000360. The fourth-order valence-corrected chi connectivity index (χ4v) is 3.16. The molecular weight excluding hydrogens is 433 g/mol. The van der Waals surface area contributed by atoms with Crippen LogP contribution in [0.4, 0.5) is 30.5 Å². The molecule has 3 heterocycles. The minimum atomic E-state index is -5.08. The summed E-state index contributed by atoms with van der Waals surface area (Å²) in [5.41, 5.74) is 1.68. The van der Waals surface area contributed by atoms with Gasteiger partial charge in [-0.15, -0.1) is 0 Å². The van der Waals surface area contributed by atoms with Gasteiger partial charge in [0, 0.05) is 50.8 Å². The summed E-state index contributed by atoms with van der Waals surface area (Å²) in [6, 6.07) is 8.63. The van der Waals surface area contributed by atoms with Crippen LogP contribution in [0.5, 0.6) is 0 Å². The molecule has 13 heteroatoms. The van der Waals surface area contributed by atoms with Crippen LogP contribution in [0.25, 0.3) is 10.9 Å². The Bertz CT molecular complexity index is 1110. The molecule has 1 N–H and O–H groups in total. The summed E-state index contributed by atoms with van der Waals surface area (Å²) in [7, 11) is 0. The lowest BCUT2D eigenvalue weighted by Crippen LogP contribution is -2.47. The van der Waals surface area contributed by atoms with Crippen molar-refractivity contribution in [3.8, 4) is 0 Å². The van der Waals surface area contributed by atoms with E-state index in [0.29, 0.717) is 10.9 Å². The lowest BCUT2D eigenvalue weighted by atomic mass is 10.1. The monoisotopic (exact) mass is 450 g/mol. The number of benzene rings is 1. The summed E-state index contributed by atoms with van der Waals surface area (Å²) in [6.07, 6.45) is 0.0640. The zero-order valence-corrected chi connectivity index (χ0v) is 16.4. The third kappa shape index (κ3) is 5.17. The molecule has 0 aliphatic carbocycles. The number of fused-ring (bicyclic) bond motifs is 1. The van der Waals surface area contributed by atoms with Gasteiger partial charge in [-0.25, -0.2) is 14.8 Å². The van der Waals surface area contributed by atoms with Crippen molar-refractivity contribution >= 4 is 34.2 Å². The van der Waals surface area contributed by atoms with Crippen molar-refractivity contribution in [1.82, 2.24) is 15.0 Å². The maximum absolute atomic E-state index is 11.2. The maximum atomic E-state index is 11.2. The molecule has 1 aromatic carbocycles. The van der Waals surface area contributed by atoms with E-state index in [2.05, 4.69) is 24.8 Å². The number of hydrogen-bond donors (Lipinski definition) is 1. The molecule has 0 bridgehead atoms. The first-order chi connectivity index (χ1) is 15.2. The highest BCUT2D eigenvalue weighted by Crippen LogP contribution is 2.32. The molecule has 1 aliphatic heterocycles. The fraction of sp³-hybridized carbons (Fsp3) is 0.263. The Morgan fingerprint density at radius 2 is 1.53 bits per heavy atom. The zero-order valence-electron chi connectivity index (χ0n) is 16.4. The first-order valence-corrected chi connectivity index (χ1v) is 9.27. The predicted molar refractivity (Wildman–Crippen MR) is 109 cm³/mol. The van der Waals surface area contributed by atoms with E-state index < -0.39 is 12.1 Å². The van der Waals surface area contributed by atoms with Crippen LogP contribution in [0.2, 0.25) is 0 Å². The maximum Gasteiger partial charge on any atom is 0.490 e. The lowest BCUT2D eigenvalue weighted by molar-refractivity contribution is -0.383. The summed E-state index contributed by atoms with van der Waals surface area (Å²) in [5, 5.41) is 18.9. The van der Waals surface area contributed by atoms with Gasteiger partial charge in [0.05, 0.1) is 16.0 Å². The Labute approximate surface area is 179 Å². The van der Waals surface area contributed by atoms with Crippen LogP contribution in [0.1, 0.15) is 0 Å². The van der Waals surface area contributed by atoms with E-state index in [0.717, 1.165) is 37.8 Å². The van der Waals surface area contributed by atoms with E-state index in [1.807, 2.05) is 0 Å². The van der Waals surface area contributed by atoms with Gasteiger partial charge >= 0.3 is 12.1 Å². The highest BCUT2D eigenvalue weighted by Gasteiger charge is 2.38. The zero-order chi connectivity index (χ0) is 23.3. The number of carbonyl (C=O) groups is 1. The number of nitro groups is 1. The van der Waals surface area contributed by atoms with Gasteiger partial charge in [0.25, 0.3) is 5.69 Å². The normalized spacial score (nSPS) is 14.0. The van der Waals surface area contributed by atoms with Crippen molar-refractivity contribution < 1.29 is 28.0 Å². The Hall–Kier alpha value is -4.03. The SMILES string of the molecule is O=C(O)C(F)(F)F.O=[N+]([O-])c1ccc(N2CCN(c3ncccn3)CC2)c2ncccc12. The largest absolute Gasteiger partial charge is 0.490 e. The van der Waals surface area contributed by atoms with E-state index in [-0.39, 0.29) is 10.6 Å². The van der Waals surface area contributed by atoms with Crippen molar-refractivity contribution in [2.75, 3.05) is 36.0 Å². The quantitative estimate of drug-likeness (QED) is 0.473. The topological polar surface area (TPSA) is 126 Å². The van der Waals surface area contributed by atoms with Crippen LogP contribution in [-0.2, 0) is 4.79 Å². The molecule has 1 aliphatic rings. The summed E-state index contributed by atoms with van der Waals surface area (Å²) >= 11 is 0. The second-order valence-electron chi connectivity index (χ2n) is 6.59. The molecule has 0 amide bonds. The van der Waals surface area contributed by atoms with Crippen molar-refractivity contribution in [2.45, 2.75) is 6.18 Å². The van der Waals surface area contributed by atoms with Gasteiger partial charge in [0.15, 0.2) is 0 Å². The highest BCUT2D eigenvalue weighted by atomic mass is 19.4. The number of pyridine rings is 1. The van der Waals surface area contributed by atoms with Gasteiger partial charge in [-0.2, -0.15) is 13.2 Å². The highest BCUT2D eigenvalue weighted by molar-refractivity contribution is 5.97. The number of piperazine rings is 1. The number of aliphatic carboxylic acids is 1. The van der Waals surface area contributed by atoms with Crippen molar-refractivity contribution in [1.29, 1.82) is 0 Å². The van der Waals surface area contributed by atoms with Crippen molar-refractivity contribution in [3.63, 3.8) is 0 Å². The average molecular weight is 450 g/mol. The number of nitro benzene ring substituents is 1. The van der Waals surface area contributed by atoms with Crippen LogP contribution in [0.15, 0.2) is 48.9 Å². The van der Waals surface area contributed by atoms with E-state index in [1.54, 1.807) is 48.9 Å². The number of aromatic nitrogens is 3. The molecule has 4 rings (SSSR count). The minimum absolute atomic E-state index is 0.0863. The molecule has 0 unspecified atom stereocenters. The lowest BCUT2D eigenvalue weighted by Gasteiger charge is -2.36. The van der Waals surface area contributed by atoms with E-state index >= 15 is 0 Å². The number of carboxylic acids is 1. The Morgan fingerprint density at radius 1 is 0.969 bits per heavy atom. The molecule has 0 radical (unpaired) electrons. The van der Waals surface area contributed by atoms with Crippen molar-refractivity contribution in [3.05, 3.63) is 59.0 Å². The van der Waals surface area contributed by atoms with E-state index in [9.17, 15) is 23.3 Å². The van der Waals surface area contributed by atoms with Gasteiger partial charge in [0.1, 0.15) is 5.52 Å². The standard InChI is InChI=1S/C17H16N6O2.C2HF3O2/c24-23(25)14-4-5-15(16-13(14)3-1-6-18-16)21-9-11-22(12-10-21)17-19-7-2-8-20-17;3-2(4,5)1(6)7/h1-8H,9-12H2;(H,6,7). The number of halogens is 3. The number of anilines is 2. The molecule has 10 nitrogen and oxygen atoms in total. The Morgan fingerprint density at radius 3 is 2.09 bits per heavy atom. The molecule has 0 saturated carbocycles. The van der Waals surface area contributed by atoms with Gasteiger partial charge in [0.2, 0.25) is 5.95 Å². The number of rotatable bonds is 3. The number of alkyl halides is 3. The third-order valence-electron chi connectivity index (χ3n) is 4.62. The number of non-ortho nitro benzene ring substituents is 1. The third-order valence-corrected chi connectivity index (χ3v) is 4.62. The first kappa shape index (κ1) is 22.7. The molecule has 32 heavy (non-hydrogen) atoms. The molecule has 1 saturated heterocycles. The van der Waals surface area contributed by atoms with Crippen LogP contribution < -0.4 is 9.80 Å². The number of carboxylic acid groups (broad SMARTS) is 1. The van der Waals surface area contributed by atoms with Gasteiger partial charge < -0.3 is 14.9 Å². The van der Waals surface area contributed by atoms with Gasteiger partial charge in [-0.1, -0.05) is 0 Å².